The Kier molecular flexibility index (Phi) is 5.32. The molecule has 2 N–H and O–H groups in total. The van der Waals surface area contributed by atoms with E-state index in [0.717, 1.165) is 25.2 Å². The van der Waals surface area contributed by atoms with Crippen LogP contribution in [0.3, 0.4) is 0 Å². The van der Waals surface area contributed by atoms with E-state index in [1.54, 1.807) is 12.3 Å². The molecule has 0 aliphatic carbocycles. The summed E-state index contributed by atoms with van der Waals surface area (Å²) < 4.78 is 1.50. The highest BCUT2D eigenvalue weighted by atomic mass is 16.1. The van der Waals surface area contributed by atoms with Crippen molar-refractivity contribution in [3.63, 3.8) is 0 Å². The Morgan fingerprint density at radius 3 is 2.70 bits per heavy atom. The maximum absolute atomic E-state index is 11.9. The van der Waals surface area contributed by atoms with E-state index in [0.29, 0.717) is 6.54 Å². The van der Waals surface area contributed by atoms with E-state index in [1.807, 2.05) is 25.2 Å². The van der Waals surface area contributed by atoms with Crippen molar-refractivity contribution in [3.8, 4) is 0 Å². The molecule has 0 aliphatic rings. The number of likely N-dealkylation sites (N-methyl/N-ethyl adjacent to an activating group) is 1. The lowest BCUT2D eigenvalue weighted by Crippen LogP contribution is -2.24. The summed E-state index contributed by atoms with van der Waals surface area (Å²) in [6.45, 7) is 2.21. The highest BCUT2D eigenvalue weighted by Gasteiger charge is 2.00. The molecule has 0 unspecified atom stereocenters. The zero-order valence-electron chi connectivity index (χ0n) is 11.7. The van der Waals surface area contributed by atoms with Gasteiger partial charge in [-0.25, -0.2) is 4.68 Å². The molecular formula is C15H20N4O. The molecule has 0 spiro atoms. The summed E-state index contributed by atoms with van der Waals surface area (Å²) in [6, 6.07) is 11.7. The molecule has 106 valence electrons. The average molecular weight is 272 g/mol. The smallest absolute Gasteiger partial charge is 0.268 e. The second-order valence-corrected chi connectivity index (χ2v) is 4.57. The van der Waals surface area contributed by atoms with Crippen LogP contribution in [0.5, 0.6) is 0 Å². The zero-order chi connectivity index (χ0) is 14.2. The van der Waals surface area contributed by atoms with Crippen LogP contribution in [0.15, 0.2) is 47.4 Å². The molecule has 0 aliphatic heterocycles. The topological polar surface area (TPSA) is 59.0 Å². The summed E-state index contributed by atoms with van der Waals surface area (Å²) in [7, 11) is 1.89. The Balaban J connectivity index is 1.94. The van der Waals surface area contributed by atoms with E-state index < -0.39 is 0 Å². The molecule has 2 rings (SSSR count). The molecule has 0 radical (unpaired) electrons. The summed E-state index contributed by atoms with van der Waals surface area (Å²) in [5, 5.41) is 10.4. The van der Waals surface area contributed by atoms with E-state index in [-0.39, 0.29) is 5.56 Å². The van der Waals surface area contributed by atoms with Crippen molar-refractivity contribution in [2.75, 3.05) is 25.5 Å². The van der Waals surface area contributed by atoms with Gasteiger partial charge in [-0.1, -0.05) is 30.3 Å². The zero-order valence-corrected chi connectivity index (χ0v) is 11.7. The van der Waals surface area contributed by atoms with E-state index >= 15 is 0 Å². The highest BCUT2D eigenvalue weighted by Crippen LogP contribution is 2.02. The van der Waals surface area contributed by atoms with Crippen LogP contribution in [0.4, 0.5) is 5.69 Å². The van der Waals surface area contributed by atoms with Gasteiger partial charge in [-0.15, -0.1) is 0 Å². The van der Waals surface area contributed by atoms with E-state index in [1.165, 1.54) is 10.2 Å². The van der Waals surface area contributed by atoms with Gasteiger partial charge in [0.2, 0.25) is 0 Å². The predicted octanol–water partition coefficient (Wildman–Crippen LogP) is 1.12. The van der Waals surface area contributed by atoms with Crippen molar-refractivity contribution < 1.29 is 0 Å². The lowest BCUT2D eigenvalue weighted by molar-refractivity contribution is 0.578. The van der Waals surface area contributed by atoms with Crippen molar-refractivity contribution in [2.45, 2.75) is 13.0 Å². The molecule has 0 atom stereocenters. The highest BCUT2D eigenvalue weighted by molar-refractivity contribution is 5.38. The second-order valence-electron chi connectivity index (χ2n) is 4.57. The van der Waals surface area contributed by atoms with Crippen molar-refractivity contribution >= 4 is 5.69 Å². The Bertz CT molecular complexity index is 580. The predicted molar refractivity (Wildman–Crippen MR) is 81.1 cm³/mol. The van der Waals surface area contributed by atoms with Gasteiger partial charge in [0, 0.05) is 25.7 Å². The first-order valence-corrected chi connectivity index (χ1v) is 6.79. The molecular weight excluding hydrogens is 252 g/mol. The summed E-state index contributed by atoms with van der Waals surface area (Å²) in [5.41, 5.74) is 1.90. The first kappa shape index (κ1) is 14.3. The number of aromatic nitrogens is 2. The number of anilines is 1. The lowest BCUT2D eigenvalue weighted by Gasteiger charge is -2.08. The van der Waals surface area contributed by atoms with Gasteiger partial charge >= 0.3 is 0 Å². The summed E-state index contributed by atoms with van der Waals surface area (Å²) in [4.78, 5) is 11.9. The quantitative estimate of drug-likeness (QED) is 0.742. The molecule has 0 saturated heterocycles. The third-order valence-corrected chi connectivity index (χ3v) is 3.03. The first-order valence-electron chi connectivity index (χ1n) is 6.79. The van der Waals surface area contributed by atoms with Crippen LogP contribution in [-0.2, 0) is 13.0 Å². The molecule has 0 fully saturated rings. The standard InChI is InChI=1S/C15H20N4O/c1-16-8-9-17-14-11-15(20)19(18-12-14)10-7-13-5-3-2-4-6-13/h2-6,11-12,16-17H,7-10H2,1H3. The van der Waals surface area contributed by atoms with E-state index in [2.05, 4.69) is 27.9 Å². The normalized spacial score (nSPS) is 10.4. The number of nitrogens with one attached hydrogen (secondary N) is 2. The Morgan fingerprint density at radius 1 is 1.20 bits per heavy atom. The summed E-state index contributed by atoms with van der Waals surface area (Å²) >= 11 is 0. The van der Waals surface area contributed by atoms with Crippen LogP contribution in [0.25, 0.3) is 0 Å². The minimum Gasteiger partial charge on any atom is -0.382 e. The molecule has 1 aromatic carbocycles. The molecule has 5 nitrogen and oxygen atoms in total. The van der Waals surface area contributed by atoms with Crippen molar-refractivity contribution in [1.29, 1.82) is 0 Å². The fourth-order valence-electron chi connectivity index (χ4n) is 1.91. The Hall–Kier alpha value is -2.14. The van der Waals surface area contributed by atoms with Crippen LogP contribution in [0.1, 0.15) is 5.56 Å². The number of benzene rings is 1. The number of rotatable bonds is 7. The van der Waals surface area contributed by atoms with Crippen molar-refractivity contribution in [2.24, 2.45) is 0 Å². The van der Waals surface area contributed by atoms with Gasteiger partial charge in [-0.3, -0.25) is 4.79 Å². The fourth-order valence-corrected chi connectivity index (χ4v) is 1.91. The molecule has 5 heteroatoms. The summed E-state index contributed by atoms with van der Waals surface area (Å²) in [6.07, 6.45) is 2.50. The third-order valence-electron chi connectivity index (χ3n) is 3.03. The van der Waals surface area contributed by atoms with E-state index in [9.17, 15) is 4.79 Å². The van der Waals surface area contributed by atoms with Gasteiger partial charge in [-0.2, -0.15) is 5.10 Å². The van der Waals surface area contributed by atoms with Crippen molar-refractivity contribution in [1.82, 2.24) is 15.1 Å². The average Bonchev–Trinajstić information content (AvgIpc) is 2.48. The molecule has 0 saturated carbocycles. The van der Waals surface area contributed by atoms with Gasteiger partial charge in [0.05, 0.1) is 11.9 Å². The van der Waals surface area contributed by atoms with Crippen LogP contribution >= 0.6 is 0 Å². The van der Waals surface area contributed by atoms with Crippen molar-refractivity contribution in [3.05, 3.63) is 58.5 Å². The molecule has 0 bridgehead atoms. The Labute approximate surface area is 118 Å². The van der Waals surface area contributed by atoms with Crippen LogP contribution in [0, 0.1) is 0 Å². The van der Waals surface area contributed by atoms with Crippen LogP contribution in [-0.4, -0.2) is 29.9 Å². The minimum atomic E-state index is -0.0737. The van der Waals surface area contributed by atoms with Gasteiger partial charge in [0.15, 0.2) is 0 Å². The number of hydrogen-bond donors (Lipinski definition) is 2. The van der Waals surface area contributed by atoms with Crippen LogP contribution in [0.2, 0.25) is 0 Å². The molecule has 1 heterocycles. The maximum atomic E-state index is 11.9. The number of aryl methyl sites for hydroxylation is 2. The van der Waals surface area contributed by atoms with Gasteiger partial charge in [-0.05, 0) is 19.0 Å². The van der Waals surface area contributed by atoms with Gasteiger partial charge < -0.3 is 10.6 Å². The maximum Gasteiger partial charge on any atom is 0.268 e. The Morgan fingerprint density at radius 2 is 2.00 bits per heavy atom. The monoisotopic (exact) mass is 272 g/mol. The second kappa shape index (κ2) is 7.45. The minimum absolute atomic E-state index is 0.0737. The van der Waals surface area contributed by atoms with Gasteiger partial charge in [0.1, 0.15) is 0 Å². The van der Waals surface area contributed by atoms with Crippen LogP contribution < -0.4 is 16.2 Å². The third kappa shape index (κ3) is 4.20. The molecule has 20 heavy (non-hydrogen) atoms. The largest absolute Gasteiger partial charge is 0.382 e. The lowest BCUT2D eigenvalue weighted by atomic mass is 10.1. The van der Waals surface area contributed by atoms with Gasteiger partial charge in [0.25, 0.3) is 5.56 Å². The summed E-state index contributed by atoms with van der Waals surface area (Å²) in [5.74, 6) is 0. The molecule has 1 aromatic heterocycles. The molecule has 2 aromatic rings. The van der Waals surface area contributed by atoms with E-state index in [4.69, 9.17) is 0 Å². The molecule has 0 amide bonds. The number of hydrogen-bond acceptors (Lipinski definition) is 4. The number of nitrogens with zero attached hydrogens (tertiary/aromatic N) is 2. The first-order chi connectivity index (χ1) is 9.79. The fraction of sp³-hybridized carbons (Fsp3) is 0.333. The SMILES string of the molecule is CNCCNc1cnn(CCc2ccccc2)c(=O)c1.